The number of hydrogen-bond acceptors (Lipinski definition) is 4. The number of thiophene rings is 1. The molecule has 0 fully saturated rings. The van der Waals surface area contributed by atoms with E-state index in [1.54, 1.807) is 11.3 Å². The fourth-order valence-electron chi connectivity index (χ4n) is 1.80. The van der Waals surface area contributed by atoms with Gasteiger partial charge in [0.25, 0.3) is 0 Å². The number of anilines is 2. The number of hydrogen-bond donors (Lipinski definition) is 2. The Morgan fingerprint density at radius 3 is 2.89 bits per heavy atom. The molecule has 18 heavy (non-hydrogen) atoms. The minimum Gasteiger partial charge on any atom is -0.394 e. The molecule has 2 aromatic heterocycles. The zero-order chi connectivity index (χ0) is 13.1. The van der Waals surface area contributed by atoms with E-state index in [1.807, 2.05) is 11.6 Å². The van der Waals surface area contributed by atoms with Gasteiger partial charge in [0.1, 0.15) is 5.82 Å². The number of aryl methyl sites for hydroxylation is 2. The predicted molar refractivity (Wildman–Crippen MR) is 81.3 cm³/mol. The number of nitrogen functional groups attached to an aromatic ring is 1. The smallest absolute Gasteiger partial charge is 0.148 e. The van der Waals surface area contributed by atoms with Gasteiger partial charge in [0, 0.05) is 18.0 Å². The van der Waals surface area contributed by atoms with Crippen LogP contribution in [0.3, 0.4) is 0 Å². The Balaban J connectivity index is 1.98. The highest BCUT2D eigenvalue weighted by Gasteiger charge is 2.10. The molecule has 2 aromatic rings. The third-order valence-corrected chi connectivity index (χ3v) is 4.45. The number of nitrogens with two attached hydrogens (primary N) is 1. The maximum absolute atomic E-state index is 6.01. The molecule has 3 N–H and O–H groups in total. The first-order chi connectivity index (χ1) is 8.61. The van der Waals surface area contributed by atoms with Gasteiger partial charge in [-0.15, -0.1) is 11.3 Å². The maximum Gasteiger partial charge on any atom is 0.148 e. The Bertz CT molecular complexity index is 532. The molecule has 0 aliphatic carbocycles. The summed E-state index contributed by atoms with van der Waals surface area (Å²) in [5.74, 6) is 0.936. The molecular weight excluding hydrogens is 312 g/mol. The molecule has 0 unspecified atom stereocenters. The van der Waals surface area contributed by atoms with Gasteiger partial charge in [-0.2, -0.15) is 5.10 Å². The van der Waals surface area contributed by atoms with E-state index < -0.39 is 0 Å². The molecule has 0 spiro atoms. The van der Waals surface area contributed by atoms with E-state index in [0.717, 1.165) is 36.7 Å². The highest BCUT2D eigenvalue weighted by Crippen LogP contribution is 2.24. The summed E-state index contributed by atoms with van der Waals surface area (Å²) in [6.45, 7) is 5.68. The van der Waals surface area contributed by atoms with Gasteiger partial charge in [-0.25, -0.2) is 4.68 Å². The Kier molecular flexibility index (Phi) is 4.29. The lowest BCUT2D eigenvalue weighted by molar-refractivity contribution is 0.657. The number of aromatic nitrogens is 2. The lowest BCUT2D eigenvalue weighted by Crippen LogP contribution is -2.10. The van der Waals surface area contributed by atoms with Gasteiger partial charge in [-0.3, -0.25) is 0 Å². The molecule has 2 rings (SSSR count). The highest BCUT2D eigenvalue weighted by molar-refractivity contribution is 9.11. The molecular formula is C12H17BrN4S. The van der Waals surface area contributed by atoms with Crippen LogP contribution < -0.4 is 11.1 Å². The first kappa shape index (κ1) is 13.4. The van der Waals surface area contributed by atoms with Gasteiger partial charge < -0.3 is 11.1 Å². The molecule has 0 amide bonds. The minimum absolute atomic E-state index is 0.754. The Morgan fingerprint density at radius 2 is 2.28 bits per heavy atom. The molecule has 0 saturated carbocycles. The first-order valence-corrected chi connectivity index (χ1v) is 7.53. The van der Waals surface area contributed by atoms with E-state index >= 15 is 0 Å². The van der Waals surface area contributed by atoms with E-state index in [0.29, 0.717) is 0 Å². The van der Waals surface area contributed by atoms with Crippen LogP contribution in [0.4, 0.5) is 11.5 Å². The van der Waals surface area contributed by atoms with Crippen LogP contribution in [-0.2, 0) is 13.0 Å². The van der Waals surface area contributed by atoms with E-state index in [4.69, 9.17) is 5.73 Å². The molecule has 0 bridgehead atoms. The summed E-state index contributed by atoms with van der Waals surface area (Å²) < 4.78 is 3.08. The van der Waals surface area contributed by atoms with E-state index in [-0.39, 0.29) is 0 Å². The van der Waals surface area contributed by atoms with Crippen molar-refractivity contribution in [1.82, 2.24) is 9.78 Å². The quantitative estimate of drug-likeness (QED) is 0.885. The Morgan fingerprint density at radius 1 is 1.50 bits per heavy atom. The third kappa shape index (κ3) is 2.87. The van der Waals surface area contributed by atoms with Crippen LogP contribution in [-0.4, -0.2) is 16.3 Å². The van der Waals surface area contributed by atoms with Gasteiger partial charge in [-0.05, 0) is 48.3 Å². The number of rotatable bonds is 5. The molecule has 0 aliphatic heterocycles. The van der Waals surface area contributed by atoms with Crippen molar-refractivity contribution in [2.45, 2.75) is 26.8 Å². The van der Waals surface area contributed by atoms with E-state index in [1.165, 1.54) is 8.66 Å². The van der Waals surface area contributed by atoms with Crippen LogP contribution >= 0.6 is 27.3 Å². The highest BCUT2D eigenvalue weighted by atomic mass is 79.9. The molecule has 0 aliphatic rings. The minimum atomic E-state index is 0.754. The summed E-state index contributed by atoms with van der Waals surface area (Å²) >= 11 is 5.24. The van der Waals surface area contributed by atoms with Gasteiger partial charge in [-0.1, -0.05) is 0 Å². The van der Waals surface area contributed by atoms with Crippen LogP contribution in [0.2, 0.25) is 0 Å². The van der Waals surface area contributed by atoms with Crippen molar-refractivity contribution < 1.29 is 0 Å². The van der Waals surface area contributed by atoms with Crippen molar-refractivity contribution in [3.05, 3.63) is 26.5 Å². The first-order valence-electron chi connectivity index (χ1n) is 5.92. The van der Waals surface area contributed by atoms with Gasteiger partial charge in [0.05, 0.1) is 15.2 Å². The summed E-state index contributed by atoms with van der Waals surface area (Å²) in [6.07, 6.45) is 0.990. The summed E-state index contributed by atoms with van der Waals surface area (Å²) in [5, 5.41) is 7.76. The Hall–Kier alpha value is -1.01. The van der Waals surface area contributed by atoms with Crippen molar-refractivity contribution in [3.63, 3.8) is 0 Å². The van der Waals surface area contributed by atoms with Crippen molar-refractivity contribution in [1.29, 1.82) is 0 Å². The topological polar surface area (TPSA) is 55.9 Å². The summed E-state index contributed by atoms with van der Waals surface area (Å²) in [6, 6.07) is 4.22. The molecule has 4 nitrogen and oxygen atoms in total. The molecule has 6 heteroatoms. The standard InChI is InChI=1S/C12H17BrN4S/c1-3-17-12(11(14)8(2)16-17)15-7-6-9-4-5-10(13)18-9/h4-5,15H,3,6-7,14H2,1-2H3. The molecule has 98 valence electrons. The molecule has 0 atom stereocenters. The largest absolute Gasteiger partial charge is 0.394 e. The van der Waals surface area contributed by atoms with E-state index in [9.17, 15) is 0 Å². The van der Waals surface area contributed by atoms with Crippen LogP contribution in [0.5, 0.6) is 0 Å². The summed E-state index contributed by atoms with van der Waals surface area (Å²) in [4.78, 5) is 1.35. The molecule has 0 saturated heterocycles. The second-order valence-corrected chi connectivity index (χ2v) is 6.59. The third-order valence-electron chi connectivity index (χ3n) is 2.77. The maximum atomic E-state index is 6.01. The van der Waals surface area contributed by atoms with Crippen LogP contribution in [0.25, 0.3) is 0 Å². The lowest BCUT2D eigenvalue weighted by Gasteiger charge is -2.08. The van der Waals surface area contributed by atoms with Gasteiger partial charge in [0.2, 0.25) is 0 Å². The average Bonchev–Trinajstić information content (AvgIpc) is 2.87. The lowest BCUT2D eigenvalue weighted by atomic mass is 10.3. The fourth-order valence-corrected chi connectivity index (χ4v) is 3.28. The normalized spacial score (nSPS) is 10.8. The van der Waals surface area contributed by atoms with Crippen molar-refractivity contribution in [2.24, 2.45) is 0 Å². The second-order valence-electron chi connectivity index (χ2n) is 4.05. The van der Waals surface area contributed by atoms with Crippen LogP contribution in [0.1, 0.15) is 17.5 Å². The van der Waals surface area contributed by atoms with Crippen LogP contribution in [0.15, 0.2) is 15.9 Å². The van der Waals surface area contributed by atoms with Crippen molar-refractivity contribution >= 4 is 38.8 Å². The van der Waals surface area contributed by atoms with Crippen LogP contribution in [0, 0.1) is 6.92 Å². The molecule has 0 aromatic carbocycles. The number of nitrogens with one attached hydrogen (secondary N) is 1. The SMILES string of the molecule is CCn1nc(C)c(N)c1NCCc1ccc(Br)s1. The number of nitrogens with zero attached hydrogens (tertiary/aromatic N) is 2. The molecule has 2 heterocycles. The zero-order valence-corrected chi connectivity index (χ0v) is 12.9. The van der Waals surface area contributed by atoms with Crippen molar-refractivity contribution in [3.8, 4) is 0 Å². The molecule has 0 radical (unpaired) electrons. The summed E-state index contributed by atoms with van der Waals surface area (Å²) in [7, 11) is 0. The van der Waals surface area contributed by atoms with Crippen molar-refractivity contribution in [2.75, 3.05) is 17.6 Å². The fraction of sp³-hybridized carbons (Fsp3) is 0.417. The predicted octanol–water partition coefficient (Wildman–Crippen LogP) is 3.27. The van der Waals surface area contributed by atoms with E-state index in [2.05, 4.69) is 45.4 Å². The number of halogens is 1. The monoisotopic (exact) mass is 328 g/mol. The summed E-state index contributed by atoms with van der Waals surface area (Å²) in [5.41, 5.74) is 7.65. The average molecular weight is 329 g/mol. The zero-order valence-electron chi connectivity index (χ0n) is 10.5. The van der Waals surface area contributed by atoms with Gasteiger partial charge in [0.15, 0.2) is 0 Å². The Labute approximate surface area is 119 Å². The van der Waals surface area contributed by atoms with Gasteiger partial charge >= 0.3 is 0 Å². The second kappa shape index (κ2) is 5.75.